The number of nitrogens with zero attached hydrogens (tertiary/aromatic N) is 2. The van der Waals surface area contributed by atoms with Gasteiger partial charge in [-0.05, 0) is 51.1 Å². The van der Waals surface area contributed by atoms with Crippen LogP contribution < -0.4 is 9.64 Å². The van der Waals surface area contributed by atoms with Gasteiger partial charge in [0.05, 0.1) is 34.0 Å². The number of rotatable bonds is 3. The van der Waals surface area contributed by atoms with Crippen LogP contribution >= 0.6 is 23.8 Å². The molecule has 0 bridgehead atoms. The topological polar surface area (TPSA) is 51.5 Å². The summed E-state index contributed by atoms with van der Waals surface area (Å²) in [7, 11) is 0. The minimum atomic E-state index is -0.787. The largest absolute Gasteiger partial charge is 0.494 e. The van der Waals surface area contributed by atoms with Gasteiger partial charge in [0.2, 0.25) is 0 Å². The first kappa shape index (κ1) is 19.1. The Hall–Kier alpha value is -2.84. The third kappa shape index (κ3) is 2.40. The van der Waals surface area contributed by atoms with Crippen LogP contribution in [-0.2, 0) is 10.3 Å². The molecule has 3 aromatic rings. The summed E-state index contributed by atoms with van der Waals surface area (Å²) in [5, 5.41) is 0. The van der Waals surface area contributed by atoms with Crippen LogP contribution in [0, 0.1) is 10.5 Å². The van der Waals surface area contributed by atoms with E-state index in [0.717, 1.165) is 10.4 Å². The zero-order valence-corrected chi connectivity index (χ0v) is 18.1. The van der Waals surface area contributed by atoms with Crippen LogP contribution in [0.15, 0.2) is 36.4 Å². The highest BCUT2D eigenvalue weighted by Gasteiger charge is 2.51. The number of anilines is 1. The number of ketones is 1. The second kappa shape index (κ2) is 6.33. The van der Waals surface area contributed by atoms with Gasteiger partial charge >= 0.3 is 0 Å². The van der Waals surface area contributed by atoms with Gasteiger partial charge in [0.25, 0.3) is 11.7 Å². The fourth-order valence-corrected chi connectivity index (χ4v) is 5.90. The van der Waals surface area contributed by atoms with Gasteiger partial charge in [0.15, 0.2) is 0 Å². The highest BCUT2D eigenvalue weighted by molar-refractivity contribution is 7.71. The normalized spacial score (nSPS) is 15.9. The smallest absolute Gasteiger partial charge is 0.300 e. The van der Waals surface area contributed by atoms with Crippen LogP contribution in [-0.4, -0.2) is 22.3 Å². The number of carbonyl (C=O) groups excluding carboxylic acids is 2. The molecule has 2 aliphatic rings. The van der Waals surface area contributed by atoms with Crippen molar-refractivity contribution in [2.24, 2.45) is 0 Å². The molecule has 0 saturated carbocycles. The lowest BCUT2D eigenvalue weighted by Gasteiger charge is -2.39. The van der Waals surface area contributed by atoms with Crippen LogP contribution in [0.25, 0.3) is 16.8 Å². The fraction of sp³-hybridized carbons (Fsp3) is 0.227. The average molecular weight is 441 g/mol. The molecule has 5 rings (SSSR count). The number of amides is 1. The standard InChI is InChI=1S/C22H17FN2O3S2/c1-4-28-13-9-14-16-19(30-25(21(16)29)12-7-5-6-11(23)8-12)22(2,3)24-17(14)15(10-13)18(26)20(24)27/h5-10H,4H2,1-3H3. The number of fused-ring (bicyclic) bond motifs is 2. The van der Waals surface area contributed by atoms with Gasteiger partial charge in [-0.15, -0.1) is 0 Å². The van der Waals surface area contributed by atoms with Crippen molar-refractivity contribution in [3.63, 3.8) is 0 Å². The van der Waals surface area contributed by atoms with E-state index in [1.807, 2.05) is 26.8 Å². The second-order valence-electron chi connectivity index (χ2n) is 7.70. The van der Waals surface area contributed by atoms with Crippen molar-refractivity contribution >= 4 is 41.1 Å². The first-order valence-electron chi connectivity index (χ1n) is 9.48. The van der Waals surface area contributed by atoms with Crippen molar-refractivity contribution in [1.29, 1.82) is 0 Å². The fourth-order valence-electron chi connectivity index (χ4n) is 4.22. The summed E-state index contributed by atoms with van der Waals surface area (Å²) < 4.78 is 21.8. The Kier molecular flexibility index (Phi) is 4.04. The summed E-state index contributed by atoms with van der Waals surface area (Å²) in [5.74, 6) is -0.949. The third-order valence-electron chi connectivity index (χ3n) is 5.49. The number of halogens is 1. The molecule has 0 N–H and O–H groups in total. The Morgan fingerprint density at radius 1 is 1.17 bits per heavy atom. The molecule has 1 aromatic heterocycles. The quantitative estimate of drug-likeness (QED) is 0.412. The third-order valence-corrected chi connectivity index (χ3v) is 7.46. The van der Waals surface area contributed by atoms with E-state index < -0.39 is 17.2 Å². The van der Waals surface area contributed by atoms with Crippen molar-refractivity contribution in [3.05, 3.63) is 57.3 Å². The minimum absolute atomic E-state index is 0.331. The Balaban J connectivity index is 1.87. The lowest BCUT2D eigenvalue weighted by atomic mass is 9.87. The van der Waals surface area contributed by atoms with Gasteiger partial charge < -0.3 is 4.74 Å². The van der Waals surface area contributed by atoms with E-state index in [4.69, 9.17) is 17.0 Å². The summed E-state index contributed by atoms with van der Waals surface area (Å²) in [6.45, 7) is 6.07. The maximum Gasteiger partial charge on any atom is 0.300 e. The average Bonchev–Trinajstić information content (AvgIpc) is 3.18. The molecule has 0 saturated heterocycles. The minimum Gasteiger partial charge on any atom is -0.494 e. The van der Waals surface area contributed by atoms with Crippen LogP contribution in [0.4, 0.5) is 10.1 Å². The van der Waals surface area contributed by atoms with Crippen LogP contribution in [0.3, 0.4) is 0 Å². The van der Waals surface area contributed by atoms with Gasteiger partial charge in [0, 0.05) is 11.1 Å². The van der Waals surface area contributed by atoms with Crippen LogP contribution in [0.1, 0.15) is 36.0 Å². The van der Waals surface area contributed by atoms with E-state index in [1.165, 1.54) is 23.7 Å². The molecule has 152 valence electrons. The maximum absolute atomic E-state index is 13.9. The number of hydrogen-bond donors (Lipinski definition) is 0. The first-order valence-corrected chi connectivity index (χ1v) is 10.7. The molecule has 0 aliphatic carbocycles. The number of aromatic nitrogens is 1. The van der Waals surface area contributed by atoms with Gasteiger partial charge in [-0.25, -0.2) is 4.39 Å². The predicted molar refractivity (Wildman–Crippen MR) is 116 cm³/mol. The molecule has 2 aliphatic heterocycles. The Labute approximate surface area is 181 Å². The van der Waals surface area contributed by atoms with Crippen molar-refractivity contribution in [2.45, 2.75) is 26.3 Å². The first-order chi connectivity index (χ1) is 14.3. The predicted octanol–water partition coefficient (Wildman–Crippen LogP) is 5.25. The van der Waals surface area contributed by atoms with E-state index >= 15 is 0 Å². The summed E-state index contributed by atoms with van der Waals surface area (Å²) in [6.07, 6.45) is 0. The van der Waals surface area contributed by atoms with Crippen LogP contribution in [0.2, 0.25) is 0 Å². The van der Waals surface area contributed by atoms with E-state index in [1.54, 1.807) is 27.1 Å². The number of hydrogen-bond acceptors (Lipinski definition) is 5. The van der Waals surface area contributed by atoms with Crippen LogP contribution in [0.5, 0.6) is 5.75 Å². The van der Waals surface area contributed by atoms with Gasteiger partial charge in [-0.3, -0.25) is 18.4 Å². The van der Waals surface area contributed by atoms with E-state index in [0.29, 0.717) is 39.5 Å². The van der Waals surface area contributed by atoms with Crippen molar-refractivity contribution in [1.82, 2.24) is 3.96 Å². The summed E-state index contributed by atoms with van der Waals surface area (Å²) in [5.41, 5.74) is 2.20. The number of carbonyl (C=O) groups is 2. The molecule has 0 spiro atoms. The molecule has 8 heteroatoms. The van der Waals surface area contributed by atoms with Crippen molar-refractivity contribution in [3.8, 4) is 22.6 Å². The van der Waals surface area contributed by atoms with E-state index in [9.17, 15) is 14.0 Å². The number of ether oxygens (including phenoxy) is 1. The molecule has 5 nitrogen and oxygen atoms in total. The van der Waals surface area contributed by atoms with Gasteiger partial charge in [-0.2, -0.15) is 0 Å². The summed E-state index contributed by atoms with van der Waals surface area (Å²) >= 11 is 7.17. The SMILES string of the molecule is CCOc1cc2c3c(c1)-c1c(sn(-c4cccc(F)c4)c1=S)C(C)(C)N3C(=O)C2=O. The summed E-state index contributed by atoms with van der Waals surface area (Å²) in [6, 6.07) is 9.67. The van der Waals surface area contributed by atoms with Gasteiger partial charge in [-0.1, -0.05) is 29.8 Å². The molecule has 2 aromatic carbocycles. The molecule has 0 atom stereocenters. The highest BCUT2D eigenvalue weighted by atomic mass is 32.1. The lowest BCUT2D eigenvalue weighted by molar-refractivity contribution is -0.115. The monoisotopic (exact) mass is 440 g/mol. The summed E-state index contributed by atoms with van der Waals surface area (Å²) in [4.78, 5) is 28.1. The number of Topliss-reactive ketones (excluding diaryl/α,β-unsaturated/α-hetero) is 1. The van der Waals surface area contributed by atoms with Crippen molar-refractivity contribution < 1.29 is 18.7 Å². The van der Waals surface area contributed by atoms with E-state index in [-0.39, 0.29) is 5.82 Å². The molecule has 1 amide bonds. The number of benzene rings is 2. The molecular formula is C22H17FN2O3S2. The highest BCUT2D eigenvalue weighted by Crippen LogP contribution is 2.55. The van der Waals surface area contributed by atoms with Crippen molar-refractivity contribution in [2.75, 3.05) is 11.5 Å². The molecule has 0 radical (unpaired) electrons. The molecule has 0 fully saturated rings. The Bertz CT molecular complexity index is 1320. The molecule has 0 unspecified atom stereocenters. The lowest BCUT2D eigenvalue weighted by Crippen LogP contribution is -2.46. The molecule has 3 heterocycles. The zero-order valence-electron chi connectivity index (χ0n) is 16.5. The Morgan fingerprint density at radius 2 is 1.90 bits per heavy atom. The second-order valence-corrected chi connectivity index (χ2v) is 9.05. The molecular weight excluding hydrogens is 423 g/mol. The Morgan fingerprint density at radius 3 is 2.60 bits per heavy atom. The van der Waals surface area contributed by atoms with Gasteiger partial charge in [0.1, 0.15) is 16.2 Å². The zero-order chi connectivity index (χ0) is 21.4. The maximum atomic E-state index is 13.9. The molecule has 30 heavy (non-hydrogen) atoms. The van der Waals surface area contributed by atoms with E-state index in [2.05, 4.69) is 0 Å².